The van der Waals surface area contributed by atoms with Crippen LogP contribution in [-0.2, 0) is 12.3 Å². The first-order valence-electron chi connectivity index (χ1n) is 10.9. The molecule has 2 rings (SSSR count). The monoisotopic (exact) mass is 452 g/mol. The minimum Gasteiger partial charge on any atom is -0.264 e. The summed E-state index contributed by atoms with van der Waals surface area (Å²) in [5.74, 6) is 0. The first kappa shape index (κ1) is 25.6. The second-order valence-electron chi connectivity index (χ2n) is 9.68. The first-order chi connectivity index (χ1) is 14.6. The van der Waals surface area contributed by atoms with Crippen LogP contribution in [0.25, 0.3) is 0 Å². The van der Waals surface area contributed by atoms with E-state index < -0.39 is 15.8 Å². The van der Waals surface area contributed by atoms with Crippen LogP contribution in [0.3, 0.4) is 0 Å². The zero-order valence-electron chi connectivity index (χ0n) is 20.3. The number of nitrogens with zero attached hydrogens (tertiary/aromatic N) is 2. The smallest absolute Gasteiger partial charge is 0.0639 e. The summed E-state index contributed by atoms with van der Waals surface area (Å²) in [6, 6.07) is 15.3. The molecule has 0 saturated heterocycles. The SMILES string of the molecule is C=N/C(=C\C=C/C)P(Cc1ccccc1CP(c1ccccn1)C(C)(C)C)C(C)(C)C. The van der Waals surface area contributed by atoms with Crippen LogP contribution in [0, 0.1) is 0 Å². The maximum Gasteiger partial charge on any atom is 0.0639 e. The van der Waals surface area contributed by atoms with E-state index in [1.165, 1.54) is 16.6 Å². The van der Waals surface area contributed by atoms with Crippen LogP contribution in [0.1, 0.15) is 59.6 Å². The number of aromatic nitrogens is 1. The lowest BCUT2D eigenvalue weighted by atomic mass is 10.1. The highest BCUT2D eigenvalue weighted by Crippen LogP contribution is 2.59. The van der Waals surface area contributed by atoms with Gasteiger partial charge in [0.15, 0.2) is 0 Å². The summed E-state index contributed by atoms with van der Waals surface area (Å²) in [7, 11) is -0.941. The molecule has 0 spiro atoms. The lowest BCUT2D eigenvalue weighted by Gasteiger charge is -2.34. The molecule has 4 heteroatoms. The second-order valence-corrected chi connectivity index (χ2v) is 15.6. The highest BCUT2D eigenvalue weighted by molar-refractivity contribution is 7.66. The fourth-order valence-electron chi connectivity index (χ4n) is 3.45. The van der Waals surface area contributed by atoms with E-state index in [1.807, 2.05) is 19.2 Å². The standard InChI is InChI=1S/C27H38N2P2/c1-9-10-17-24(28-8)30(26(2,3)4)20-22-15-11-12-16-23(22)21-31(27(5,6)7)25-18-13-14-19-29-25/h9-19H,8,20-21H2,1-7H3/b10-9-,24-17+. The third kappa shape index (κ3) is 7.48. The molecule has 0 aliphatic heterocycles. The van der Waals surface area contributed by atoms with E-state index in [4.69, 9.17) is 4.98 Å². The quantitative estimate of drug-likeness (QED) is 0.226. The van der Waals surface area contributed by atoms with Crippen molar-refractivity contribution in [2.75, 3.05) is 0 Å². The van der Waals surface area contributed by atoms with Gasteiger partial charge < -0.3 is 0 Å². The Kier molecular flexibility index (Phi) is 9.35. The second kappa shape index (κ2) is 11.3. The molecule has 0 N–H and O–H groups in total. The predicted molar refractivity (Wildman–Crippen MR) is 144 cm³/mol. The first-order valence-corrected chi connectivity index (χ1v) is 14.0. The molecule has 2 unspecified atom stereocenters. The van der Waals surface area contributed by atoms with Gasteiger partial charge in [-0.3, -0.25) is 9.98 Å². The number of rotatable bonds is 8. The third-order valence-electron chi connectivity index (χ3n) is 5.20. The topological polar surface area (TPSA) is 25.2 Å². The molecule has 0 radical (unpaired) electrons. The highest BCUT2D eigenvalue weighted by atomic mass is 31.1. The molecule has 2 aromatic rings. The Bertz CT molecular complexity index is 903. The zero-order valence-corrected chi connectivity index (χ0v) is 22.0. The molecular formula is C27H38N2P2. The molecular weight excluding hydrogens is 414 g/mol. The zero-order chi connectivity index (χ0) is 23.1. The minimum atomic E-state index is -0.504. The molecule has 0 fully saturated rings. The fraction of sp³-hybridized carbons (Fsp3) is 0.407. The molecule has 0 aliphatic carbocycles. The van der Waals surface area contributed by atoms with Crippen LogP contribution in [0.2, 0.25) is 0 Å². The average molecular weight is 453 g/mol. The van der Waals surface area contributed by atoms with Gasteiger partial charge in [-0.25, -0.2) is 0 Å². The summed E-state index contributed by atoms with van der Waals surface area (Å²) < 4.78 is 0. The van der Waals surface area contributed by atoms with Crippen LogP contribution < -0.4 is 5.44 Å². The molecule has 1 heterocycles. The van der Waals surface area contributed by atoms with Crippen molar-refractivity contribution in [3.63, 3.8) is 0 Å². The van der Waals surface area contributed by atoms with E-state index >= 15 is 0 Å². The Morgan fingerprint density at radius 1 is 0.935 bits per heavy atom. The van der Waals surface area contributed by atoms with Crippen molar-refractivity contribution in [1.29, 1.82) is 0 Å². The minimum absolute atomic E-state index is 0.146. The maximum absolute atomic E-state index is 4.74. The molecule has 0 aliphatic rings. The summed E-state index contributed by atoms with van der Waals surface area (Å²) in [6.07, 6.45) is 10.3. The number of hydrogen-bond acceptors (Lipinski definition) is 2. The number of allylic oxidation sites excluding steroid dienone is 3. The van der Waals surface area contributed by atoms with Gasteiger partial charge in [0.2, 0.25) is 0 Å². The molecule has 1 aromatic heterocycles. The number of pyridine rings is 1. The van der Waals surface area contributed by atoms with Gasteiger partial charge in [-0.05, 0) is 81.5 Å². The largest absolute Gasteiger partial charge is 0.264 e. The summed E-state index contributed by atoms with van der Waals surface area (Å²) in [5, 5.41) is 0.331. The van der Waals surface area contributed by atoms with Crippen LogP contribution >= 0.6 is 15.8 Å². The molecule has 2 atom stereocenters. The Labute approximate surface area is 192 Å². The van der Waals surface area contributed by atoms with Gasteiger partial charge in [0.25, 0.3) is 0 Å². The molecule has 0 saturated carbocycles. The summed E-state index contributed by atoms with van der Waals surface area (Å²) in [4.78, 5) is 9.19. The molecule has 1 aromatic carbocycles. The van der Waals surface area contributed by atoms with Crippen molar-refractivity contribution in [1.82, 2.24) is 4.98 Å². The Hall–Kier alpha value is -1.62. The lowest BCUT2D eigenvalue weighted by Crippen LogP contribution is -2.22. The van der Waals surface area contributed by atoms with E-state index in [1.54, 1.807) is 0 Å². The highest BCUT2D eigenvalue weighted by Gasteiger charge is 2.30. The van der Waals surface area contributed by atoms with Crippen molar-refractivity contribution in [3.8, 4) is 0 Å². The Morgan fingerprint density at radius 2 is 1.55 bits per heavy atom. The van der Waals surface area contributed by atoms with Crippen molar-refractivity contribution in [2.24, 2.45) is 4.99 Å². The molecule has 31 heavy (non-hydrogen) atoms. The van der Waals surface area contributed by atoms with Gasteiger partial charge in [-0.1, -0.05) is 84.0 Å². The van der Waals surface area contributed by atoms with Gasteiger partial charge in [-0.15, -0.1) is 0 Å². The average Bonchev–Trinajstić information content (AvgIpc) is 2.71. The Balaban J connectivity index is 2.45. The summed E-state index contributed by atoms with van der Waals surface area (Å²) >= 11 is 0. The number of aliphatic imine (C=N–C) groups is 1. The molecule has 0 bridgehead atoms. The maximum atomic E-state index is 4.74. The van der Waals surface area contributed by atoms with Crippen LogP contribution in [0.5, 0.6) is 0 Å². The van der Waals surface area contributed by atoms with E-state index in [0.29, 0.717) is 0 Å². The van der Waals surface area contributed by atoms with Crippen molar-refractivity contribution in [3.05, 3.63) is 83.5 Å². The Morgan fingerprint density at radius 3 is 2.03 bits per heavy atom. The van der Waals surface area contributed by atoms with E-state index in [-0.39, 0.29) is 10.3 Å². The van der Waals surface area contributed by atoms with Crippen LogP contribution in [-0.4, -0.2) is 22.0 Å². The van der Waals surface area contributed by atoms with Gasteiger partial charge in [0, 0.05) is 6.20 Å². The third-order valence-corrected chi connectivity index (χ3v) is 11.4. The van der Waals surface area contributed by atoms with Gasteiger partial charge in [-0.2, -0.15) is 0 Å². The molecule has 166 valence electrons. The van der Waals surface area contributed by atoms with E-state index in [0.717, 1.165) is 17.8 Å². The van der Waals surface area contributed by atoms with Crippen molar-refractivity contribution < 1.29 is 0 Å². The van der Waals surface area contributed by atoms with Crippen molar-refractivity contribution >= 4 is 28.0 Å². The normalized spacial score (nSPS) is 15.1. The predicted octanol–water partition coefficient (Wildman–Crippen LogP) is 8.09. The van der Waals surface area contributed by atoms with Gasteiger partial charge >= 0.3 is 0 Å². The van der Waals surface area contributed by atoms with Crippen LogP contribution in [0.15, 0.2) is 77.3 Å². The fourth-order valence-corrected chi connectivity index (χ4v) is 8.31. The number of hydrogen-bond donors (Lipinski definition) is 0. The summed E-state index contributed by atoms with van der Waals surface area (Å²) in [6.45, 7) is 19.9. The molecule has 2 nitrogen and oxygen atoms in total. The van der Waals surface area contributed by atoms with Crippen LogP contribution in [0.4, 0.5) is 0 Å². The van der Waals surface area contributed by atoms with E-state index in [9.17, 15) is 0 Å². The van der Waals surface area contributed by atoms with Gasteiger partial charge in [0.05, 0.1) is 10.9 Å². The van der Waals surface area contributed by atoms with Crippen molar-refractivity contribution in [2.45, 2.75) is 71.1 Å². The number of benzene rings is 1. The lowest BCUT2D eigenvalue weighted by molar-refractivity contribution is 0.780. The molecule has 0 amide bonds. The van der Waals surface area contributed by atoms with E-state index in [2.05, 4.69) is 108 Å². The summed E-state index contributed by atoms with van der Waals surface area (Å²) in [5.41, 5.74) is 5.24. The van der Waals surface area contributed by atoms with Gasteiger partial charge in [0.1, 0.15) is 0 Å².